The molecule has 0 radical (unpaired) electrons. The van der Waals surface area contributed by atoms with Crippen molar-refractivity contribution >= 4 is 28.0 Å². The molecule has 2 aliphatic rings. The van der Waals surface area contributed by atoms with Crippen LogP contribution in [0.4, 0.5) is 5.69 Å². The van der Waals surface area contributed by atoms with Gasteiger partial charge < -0.3 is 4.57 Å². The molecule has 1 aliphatic carbocycles. The van der Waals surface area contributed by atoms with E-state index in [2.05, 4.69) is 53.0 Å². The van der Waals surface area contributed by atoms with Gasteiger partial charge in [-0.05, 0) is 43.0 Å². The monoisotopic (exact) mass is 268 g/mol. The summed E-state index contributed by atoms with van der Waals surface area (Å²) in [5.74, 6) is 0. The SMILES string of the molecule is Cc1cccc2c1N=C(Cl)C1=CCCc3ccn-2c31. The Kier molecular flexibility index (Phi) is 2.24. The lowest BCUT2D eigenvalue weighted by atomic mass is 9.98. The zero-order valence-corrected chi connectivity index (χ0v) is 11.4. The molecular formula is C16H13ClN2. The highest BCUT2D eigenvalue weighted by Gasteiger charge is 2.25. The minimum atomic E-state index is 0.606. The van der Waals surface area contributed by atoms with Crippen molar-refractivity contribution in [3.05, 3.63) is 53.4 Å². The Hall–Kier alpha value is -1.80. The predicted octanol–water partition coefficient (Wildman–Crippen LogP) is 4.40. The number of fused-ring (bicyclic) bond motifs is 2. The summed E-state index contributed by atoms with van der Waals surface area (Å²) in [5.41, 5.74) is 6.89. The summed E-state index contributed by atoms with van der Waals surface area (Å²) >= 11 is 6.45. The lowest BCUT2D eigenvalue weighted by Crippen LogP contribution is -2.06. The van der Waals surface area contributed by atoms with Gasteiger partial charge in [-0.15, -0.1) is 0 Å². The van der Waals surface area contributed by atoms with E-state index in [1.54, 1.807) is 0 Å². The van der Waals surface area contributed by atoms with Gasteiger partial charge in [0, 0.05) is 11.8 Å². The predicted molar refractivity (Wildman–Crippen MR) is 79.8 cm³/mol. The maximum absolute atomic E-state index is 6.45. The molecule has 19 heavy (non-hydrogen) atoms. The van der Waals surface area contributed by atoms with Gasteiger partial charge in [-0.1, -0.05) is 29.8 Å². The molecule has 0 amide bonds. The first kappa shape index (κ1) is 11.1. The quantitative estimate of drug-likeness (QED) is 0.674. The minimum absolute atomic E-state index is 0.606. The van der Waals surface area contributed by atoms with Crippen molar-refractivity contribution in [1.82, 2.24) is 4.57 Å². The van der Waals surface area contributed by atoms with Crippen LogP contribution in [0, 0.1) is 6.92 Å². The molecule has 3 heteroatoms. The second-order valence-electron chi connectivity index (χ2n) is 5.06. The highest BCUT2D eigenvalue weighted by Crippen LogP contribution is 2.39. The van der Waals surface area contributed by atoms with E-state index in [9.17, 15) is 0 Å². The zero-order valence-electron chi connectivity index (χ0n) is 10.7. The summed E-state index contributed by atoms with van der Waals surface area (Å²) in [5, 5.41) is 0.606. The molecule has 0 fully saturated rings. The van der Waals surface area contributed by atoms with Gasteiger partial charge in [-0.3, -0.25) is 0 Å². The molecular weight excluding hydrogens is 256 g/mol. The number of aryl methyl sites for hydroxylation is 2. The van der Waals surface area contributed by atoms with Gasteiger partial charge in [0.1, 0.15) is 5.17 Å². The first-order chi connectivity index (χ1) is 9.25. The topological polar surface area (TPSA) is 17.3 Å². The molecule has 1 aliphatic heterocycles. The maximum atomic E-state index is 6.45. The molecule has 1 aromatic carbocycles. The number of hydrogen-bond donors (Lipinski definition) is 0. The first-order valence-corrected chi connectivity index (χ1v) is 6.89. The Morgan fingerprint density at radius 1 is 1.26 bits per heavy atom. The van der Waals surface area contributed by atoms with Gasteiger partial charge in [0.25, 0.3) is 0 Å². The van der Waals surface area contributed by atoms with Gasteiger partial charge in [-0.2, -0.15) is 0 Å². The van der Waals surface area contributed by atoms with Crippen LogP contribution in [0.2, 0.25) is 0 Å². The van der Waals surface area contributed by atoms with Crippen LogP contribution in [0.25, 0.3) is 11.3 Å². The Balaban J connectivity index is 2.15. The van der Waals surface area contributed by atoms with E-state index in [4.69, 9.17) is 11.6 Å². The van der Waals surface area contributed by atoms with Crippen LogP contribution in [0.1, 0.15) is 23.2 Å². The highest BCUT2D eigenvalue weighted by molar-refractivity contribution is 6.76. The smallest absolute Gasteiger partial charge is 0.138 e. The van der Waals surface area contributed by atoms with Gasteiger partial charge in [0.2, 0.25) is 0 Å². The van der Waals surface area contributed by atoms with Gasteiger partial charge in [0.15, 0.2) is 0 Å². The van der Waals surface area contributed by atoms with Crippen LogP contribution in [-0.2, 0) is 6.42 Å². The lowest BCUT2D eigenvalue weighted by Gasteiger charge is -2.15. The summed E-state index contributed by atoms with van der Waals surface area (Å²) in [6, 6.07) is 8.45. The van der Waals surface area contributed by atoms with E-state index in [0.717, 1.165) is 35.4 Å². The fraction of sp³-hybridized carbons (Fsp3) is 0.188. The molecule has 94 valence electrons. The Morgan fingerprint density at radius 2 is 2.16 bits per heavy atom. The normalized spacial score (nSPS) is 16.1. The molecule has 1 aromatic heterocycles. The van der Waals surface area contributed by atoms with Gasteiger partial charge in [-0.25, -0.2) is 4.99 Å². The number of aromatic nitrogens is 1. The third-order valence-electron chi connectivity index (χ3n) is 3.90. The lowest BCUT2D eigenvalue weighted by molar-refractivity contribution is 0.955. The van der Waals surface area contributed by atoms with E-state index in [1.807, 2.05) is 0 Å². The molecule has 0 saturated heterocycles. The van der Waals surface area contributed by atoms with Crippen molar-refractivity contribution in [2.45, 2.75) is 19.8 Å². The first-order valence-electron chi connectivity index (χ1n) is 6.51. The third kappa shape index (κ3) is 1.47. The second kappa shape index (κ2) is 3.84. The van der Waals surface area contributed by atoms with Crippen LogP contribution in [0.5, 0.6) is 0 Å². The average molecular weight is 269 g/mol. The number of allylic oxidation sites excluding steroid dienone is 2. The molecule has 0 spiro atoms. The molecule has 0 atom stereocenters. The van der Waals surface area contributed by atoms with Gasteiger partial charge >= 0.3 is 0 Å². The number of halogens is 1. The molecule has 0 unspecified atom stereocenters. The van der Waals surface area contributed by atoms with Crippen LogP contribution < -0.4 is 0 Å². The number of nitrogens with zero attached hydrogens (tertiary/aromatic N) is 2. The molecule has 0 saturated carbocycles. The average Bonchev–Trinajstić information content (AvgIpc) is 2.79. The standard InChI is InChI=1S/C16H13ClN2/c1-10-4-2-7-13-14(10)18-16(17)12-6-3-5-11-8-9-19(13)15(11)12/h2,4,6-9H,3,5H2,1H3. The number of aliphatic imine (C=N–C) groups is 1. The Bertz CT molecular complexity index is 750. The summed E-state index contributed by atoms with van der Waals surface area (Å²) in [7, 11) is 0. The Morgan fingerprint density at radius 3 is 3.05 bits per heavy atom. The van der Waals surface area contributed by atoms with E-state index in [0.29, 0.717) is 5.17 Å². The van der Waals surface area contributed by atoms with Crippen molar-refractivity contribution in [1.29, 1.82) is 0 Å². The molecule has 2 aromatic rings. The summed E-state index contributed by atoms with van der Waals surface area (Å²) in [4.78, 5) is 4.65. The minimum Gasteiger partial charge on any atom is -0.314 e. The maximum Gasteiger partial charge on any atom is 0.138 e. The number of rotatable bonds is 0. The van der Waals surface area contributed by atoms with E-state index in [-0.39, 0.29) is 0 Å². The summed E-state index contributed by atoms with van der Waals surface area (Å²) in [6.45, 7) is 2.07. The van der Waals surface area contributed by atoms with Crippen molar-refractivity contribution < 1.29 is 0 Å². The van der Waals surface area contributed by atoms with E-state index >= 15 is 0 Å². The van der Waals surface area contributed by atoms with E-state index < -0.39 is 0 Å². The van der Waals surface area contributed by atoms with Gasteiger partial charge in [0.05, 0.1) is 17.1 Å². The fourth-order valence-corrected chi connectivity index (χ4v) is 3.22. The van der Waals surface area contributed by atoms with Crippen molar-refractivity contribution in [3.8, 4) is 5.69 Å². The van der Waals surface area contributed by atoms with E-state index in [1.165, 1.54) is 11.3 Å². The number of para-hydroxylation sites is 1. The van der Waals surface area contributed by atoms with Crippen molar-refractivity contribution in [3.63, 3.8) is 0 Å². The fourth-order valence-electron chi connectivity index (χ4n) is 2.97. The highest BCUT2D eigenvalue weighted by atomic mass is 35.5. The van der Waals surface area contributed by atoms with Crippen molar-refractivity contribution in [2.24, 2.45) is 4.99 Å². The van der Waals surface area contributed by atoms with Crippen LogP contribution in [0.3, 0.4) is 0 Å². The molecule has 0 bridgehead atoms. The third-order valence-corrected chi connectivity index (χ3v) is 4.18. The second-order valence-corrected chi connectivity index (χ2v) is 5.42. The van der Waals surface area contributed by atoms with Crippen molar-refractivity contribution in [2.75, 3.05) is 0 Å². The largest absolute Gasteiger partial charge is 0.314 e. The van der Waals surface area contributed by atoms with Crippen LogP contribution in [-0.4, -0.2) is 9.74 Å². The Labute approximate surface area is 117 Å². The number of hydrogen-bond acceptors (Lipinski definition) is 1. The zero-order chi connectivity index (χ0) is 13.0. The summed E-state index contributed by atoms with van der Waals surface area (Å²) in [6.07, 6.45) is 6.45. The molecule has 2 heterocycles. The number of benzene rings is 1. The molecule has 2 nitrogen and oxygen atoms in total. The molecule has 4 rings (SSSR count). The van der Waals surface area contributed by atoms with Crippen LogP contribution >= 0.6 is 11.6 Å². The van der Waals surface area contributed by atoms with Crippen LogP contribution in [0.15, 0.2) is 41.5 Å². The summed E-state index contributed by atoms with van der Waals surface area (Å²) < 4.78 is 2.22. The molecule has 0 N–H and O–H groups in total.